The van der Waals surface area contributed by atoms with E-state index < -0.39 is 18.2 Å². The van der Waals surface area contributed by atoms with Crippen molar-refractivity contribution < 1.29 is 25.2 Å². The largest absolute Gasteiger partial charge is 0.479 e. The van der Waals surface area contributed by atoms with Gasteiger partial charge in [-0.05, 0) is 38.5 Å². The fourth-order valence-electron chi connectivity index (χ4n) is 1.94. The molecule has 0 aromatic carbocycles. The highest BCUT2D eigenvalue weighted by Gasteiger charge is 2.21. The SMILES string of the molecule is O=C(O)C(O)C(O)CC=CC=CC=CCCC=CC=CCCC=CCCO. The van der Waals surface area contributed by atoms with E-state index in [-0.39, 0.29) is 13.0 Å². The van der Waals surface area contributed by atoms with Gasteiger partial charge >= 0.3 is 5.97 Å². The summed E-state index contributed by atoms with van der Waals surface area (Å²) in [4.78, 5) is 10.5. The second-order valence-electron chi connectivity index (χ2n) is 5.82. The van der Waals surface area contributed by atoms with Crippen LogP contribution in [0, 0.1) is 0 Å². The van der Waals surface area contributed by atoms with Crippen LogP contribution < -0.4 is 0 Å². The van der Waals surface area contributed by atoms with Crippen LogP contribution in [0.25, 0.3) is 0 Å². The van der Waals surface area contributed by atoms with Crippen molar-refractivity contribution in [3.63, 3.8) is 0 Å². The topological polar surface area (TPSA) is 98.0 Å². The highest BCUT2D eigenvalue weighted by Crippen LogP contribution is 2.01. The highest BCUT2D eigenvalue weighted by atomic mass is 16.4. The minimum absolute atomic E-state index is 0.0821. The van der Waals surface area contributed by atoms with Crippen molar-refractivity contribution in [3.8, 4) is 0 Å². The molecule has 0 aliphatic rings. The Kier molecular flexibility index (Phi) is 17.1. The molecule has 0 fully saturated rings. The molecule has 2 atom stereocenters. The predicted octanol–water partition coefficient (Wildman–Crippen LogP) is 3.46. The zero-order chi connectivity index (χ0) is 20.2. The Morgan fingerprint density at radius 3 is 1.63 bits per heavy atom. The van der Waals surface area contributed by atoms with Crippen molar-refractivity contribution in [2.45, 2.75) is 50.7 Å². The standard InChI is InChI=1S/C22H32O5/c23-19-17-15-13-11-9-7-5-3-1-2-4-6-8-10-12-14-16-18-20(24)21(25)22(26)27/h1,3,5-8,10,12-16,20-21,23-25H,2,4,9,11,17-19H2,(H,26,27). The summed E-state index contributed by atoms with van der Waals surface area (Å²) in [5, 5.41) is 35.6. The van der Waals surface area contributed by atoms with Crippen molar-refractivity contribution in [2.75, 3.05) is 6.61 Å². The van der Waals surface area contributed by atoms with E-state index in [9.17, 15) is 9.90 Å². The average Bonchev–Trinajstić information content (AvgIpc) is 2.66. The monoisotopic (exact) mass is 376 g/mol. The van der Waals surface area contributed by atoms with E-state index in [1.807, 2.05) is 36.5 Å². The normalized spacial score (nSPS) is 15.4. The van der Waals surface area contributed by atoms with Gasteiger partial charge in [-0.15, -0.1) is 0 Å². The second kappa shape index (κ2) is 18.6. The number of aliphatic hydroxyl groups is 3. The molecule has 0 aliphatic carbocycles. The van der Waals surface area contributed by atoms with Gasteiger partial charge < -0.3 is 20.4 Å². The zero-order valence-electron chi connectivity index (χ0n) is 15.7. The van der Waals surface area contributed by atoms with Gasteiger partial charge in [0.05, 0.1) is 6.10 Å². The lowest BCUT2D eigenvalue weighted by Crippen LogP contribution is -2.33. The fourth-order valence-corrected chi connectivity index (χ4v) is 1.94. The van der Waals surface area contributed by atoms with Crippen LogP contribution in [-0.2, 0) is 4.79 Å². The van der Waals surface area contributed by atoms with E-state index in [1.165, 1.54) is 0 Å². The Labute approximate surface area is 162 Å². The van der Waals surface area contributed by atoms with Gasteiger partial charge in [-0.3, -0.25) is 0 Å². The van der Waals surface area contributed by atoms with E-state index in [4.69, 9.17) is 15.3 Å². The summed E-state index contributed by atoms with van der Waals surface area (Å²) in [6.45, 7) is 0.208. The van der Waals surface area contributed by atoms with Crippen LogP contribution in [0.1, 0.15) is 38.5 Å². The summed E-state index contributed by atoms with van der Waals surface area (Å²) in [6.07, 6.45) is 25.0. The molecule has 0 heterocycles. The lowest BCUT2D eigenvalue weighted by Gasteiger charge is -2.10. The first-order chi connectivity index (χ1) is 13.1. The molecule has 0 aromatic rings. The van der Waals surface area contributed by atoms with E-state index in [0.29, 0.717) is 0 Å². The van der Waals surface area contributed by atoms with Gasteiger partial charge in [-0.2, -0.15) is 0 Å². The molecule has 0 saturated carbocycles. The molecule has 5 nitrogen and oxygen atoms in total. The van der Waals surface area contributed by atoms with Gasteiger partial charge in [0.15, 0.2) is 6.10 Å². The average molecular weight is 376 g/mol. The van der Waals surface area contributed by atoms with Crippen LogP contribution >= 0.6 is 0 Å². The maximum Gasteiger partial charge on any atom is 0.335 e. The highest BCUT2D eigenvalue weighted by molar-refractivity contribution is 5.72. The zero-order valence-corrected chi connectivity index (χ0v) is 15.7. The first-order valence-corrected chi connectivity index (χ1v) is 9.24. The number of rotatable bonds is 15. The Morgan fingerprint density at radius 1 is 0.667 bits per heavy atom. The third-order valence-electron chi connectivity index (χ3n) is 3.45. The summed E-state index contributed by atoms with van der Waals surface area (Å²) >= 11 is 0. The molecule has 27 heavy (non-hydrogen) atoms. The molecule has 0 spiro atoms. The van der Waals surface area contributed by atoms with Gasteiger partial charge in [0.2, 0.25) is 0 Å². The van der Waals surface area contributed by atoms with Crippen molar-refractivity contribution in [3.05, 3.63) is 72.9 Å². The quantitative estimate of drug-likeness (QED) is 0.199. The van der Waals surface area contributed by atoms with Gasteiger partial charge in [0, 0.05) is 6.61 Å². The molecule has 0 aromatic heterocycles. The van der Waals surface area contributed by atoms with Crippen LogP contribution in [0.2, 0.25) is 0 Å². The molecule has 0 bridgehead atoms. The molecule has 0 radical (unpaired) electrons. The second-order valence-corrected chi connectivity index (χ2v) is 5.82. The number of carbonyl (C=O) groups is 1. The fraction of sp³-hybridized carbons (Fsp3) is 0.409. The summed E-state index contributed by atoms with van der Waals surface area (Å²) in [5.41, 5.74) is 0. The van der Waals surface area contributed by atoms with E-state index in [2.05, 4.69) is 18.2 Å². The van der Waals surface area contributed by atoms with Crippen LogP contribution in [-0.4, -0.2) is 45.2 Å². The maximum absolute atomic E-state index is 10.5. The van der Waals surface area contributed by atoms with Crippen LogP contribution in [0.3, 0.4) is 0 Å². The molecule has 0 aliphatic heterocycles. The van der Waals surface area contributed by atoms with Gasteiger partial charge in [-0.25, -0.2) is 4.79 Å². The number of hydrogen-bond acceptors (Lipinski definition) is 4. The molecule has 4 N–H and O–H groups in total. The molecule has 0 amide bonds. The molecular weight excluding hydrogens is 344 g/mol. The van der Waals surface area contributed by atoms with Crippen molar-refractivity contribution in [1.29, 1.82) is 0 Å². The third kappa shape index (κ3) is 17.0. The Balaban J connectivity index is 3.72. The summed E-state index contributed by atoms with van der Waals surface area (Å²) < 4.78 is 0. The number of carboxylic acid groups (broad SMARTS) is 1. The van der Waals surface area contributed by atoms with Gasteiger partial charge in [0.25, 0.3) is 0 Å². The van der Waals surface area contributed by atoms with Crippen molar-refractivity contribution in [2.24, 2.45) is 0 Å². The minimum atomic E-state index is -1.75. The maximum atomic E-state index is 10.5. The Morgan fingerprint density at radius 2 is 1.11 bits per heavy atom. The van der Waals surface area contributed by atoms with Crippen LogP contribution in [0.5, 0.6) is 0 Å². The molecule has 5 heteroatoms. The lowest BCUT2D eigenvalue weighted by molar-refractivity contribution is -0.152. The number of aliphatic carboxylic acids is 1. The summed E-state index contributed by atoms with van der Waals surface area (Å²) in [5.74, 6) is -1.43. The smallest absolute Gasteiger partial charge is 0.335 e. The van der Waals surface area contributed by atoms with Crippen molar-refractivity contribution in [1.82, 2.24) is 0 Å². The van der Waals surface area contributed by atoms with E-state index >= 15 is 0 Å². The van der Waals surface area contributed by atoms with Gasteiger partial charge in [0.1, 0.15) is 0 Å². The molecule has 0 rings (SSSR count). The minimum Gasteiger partial charge on any atom is -0.479 e. The number of carboxylic acids is 1. The van der Waals surface area contributed by atoms with Crippen LogP contribution in [0.4, 0.5) is 0 Å². The van der Waals surface area contributed by atoms with Gasteiger partial charge in [-0.1, -0.05) is 72.9 Å². The lowest BCUT2D eigenvalue weighted by atomic mass is 10.1. The third-order valence-corrected chi connectivity index (χ3v) is 3.45. The number of aliphatic hydroxyl groups excluding tert-OH is 3. The van der Waals surface area contributed by atoms with E-state index in [1.54, 1.807) is 18.2 Å². The molecule has 2 unspecified atom stereocenters. The number of unbranched alkanes of at least 4 members (excludes halogenated alkanes) is 2. The Bertz CT molecular complexity index is 541. The Hall–Kier alpha value is -2.21. The summed E-state index contributed by atoms with van der Waals surface area (Å²) in [6, 6.07) is 0. The van der Waals surface area contributed by atoms with E-state index in [0.717, 1.165) is 32.1 Å². The molecule has 0 saturated heterocycles. The number of allylic oxidation sites excluding steroid dienone is 10. The molecule has 150 valence electrons. The van der Waals surface area contributed by atoms with Crippen molar-refractivity contribution >= 4 is 5.97 Å². The summed E-state index contributed by atoms with van der Waals surface area (Å²) in [7, 11) is 0. The number of hydrogen-bond donors (Lipinski definition) is 4. The first-order valence-electron chi connectivity index (χ1n) is 9.24. The molecular formula is C22H32O5. The van der Waals surface area contributed by atoms with Crippen LogP contribution in [0.15, 0.2) is 72.9 Å². The predicted molar refractivity (Wildman–Crippen MR) is 109 cm³/mol. The first kappa shape index (κ1) is 24.8.